The zero-order valence-electron chi connectivity index (χ0n) is 9.35. The summed E-state index contributed by atoms with van der Waals surface area (Å²) in [5, 5.41) is 3.91. The number of carbonyl (C=O) groups excluding carboxylic acids is 1. The number of carbonyl (C=O) groups is 1. The molecule has 1 rings (SSSR count). The fraction of sp³-hybridized carbons (Fsp3) is 0.800. The van der Waals surface area contributed by atoms with Crippen LogP contribution in [0.2, 0.25) is 0 Å². The van der Waals surface area contributed by atoms with Crippen molar-refractivity contribution in [1.29, 1.82) is 0 Å². The minimum Gasteiger partial charge on any atom is -0.350 e. The Hall–Kier alpha value is -1.06. The number of nitrogens with zero attached hydrogens (tertiary/aromatic N) is 1. The predicted octanol–water partition coefficient (Wildman–Crippen LogP) is 1.86. The normalized spacial score (nSPS) is 29.9. The van der Waals surface area contributed by atoms with Gasteiger partial charge in [0.25, 0.3) is 0 Å². The van der Waals surface area contributed by atoms with Crippen LogP contribution >= 0.6 is 0 Å². The maximum atomic E-state index is 10.4. The molecule has 80 valence electrons. The van der Waals surface area contributed by atoms with E-state index in [1.165, 1.54) is 6.42 Å². The molecule has 1 unspecified atom stereocenters. The molecule has 0 heterocycles. The average molecular weight is 197 g/mol. The second-order valence-electron chi connectivity index (χ2n) is 5.12. The average Bonchev–Trinajstić information content (AvgIpc) is 2.46. The quantitative estimate of drug-likeness (QED) is 0.526. The summed E-state index contributed by atoms with van der Waals surface area (Å²) in [6.45, 7) is 8.66. The molecule has 0 aromatic carbocycles. The largest absolute Gasteiger partial charge is 0.350 e. The Bertz CT molecular complexity index is 283. The van der Waals surface area contributed by atoms with E-state index in [2.05, 4.69) is 31.3 Å². The Morgan fingerprint density at radius 2 is 2.00 bits per heavy atom. The first kappa shape index (κ1) is 11.0. The Balaban J connectivity index is 2.46. The summed E-state index contributed by atoms with van der Waals surface area (Å²) in [6.07, 6.45) is 2.13. The number of amides is 2. The molecular weight excluding hydrogens is 178 g/mol. The van der Waals surface area contributed by atoms with Crippen molar-refractivity contribution in [3.8, 4) is 0 Å². The summed E-state index contributed by atoms with van der Waals surface area (Å²) >= 11 is 0. The Morgan fingerprint density at radius 1 is 1.50 bits per heavy atom. The zero-order valence-corrected chi connectivity index (χ0v) is 9.35. The van der Waals surface area contributed by atoms with Crippen molar-refractivity contribution in [2.75, 3.05) is 0 Å². The molecule has 3 N–H and O–H groups in total. The molecule has 0 saturated heterocycles. The molecule has 1 fully saturated rings. The van der Waals surface area contributed by atoms with Gasteiger partial charge in [0.2, 0.25) is 0 Å². The van der Waals surface area contributed by atoms with Crippen LogP contribution in [0.3, 0.4) is 0 Å². The van der Waals surface area contributed by atoms with Gasteiger partial charge in [-0.15, -0.1) is 0 Å². The van der Waals surface area contributed by atoms with Gasteiger partial charge in [0, 0.05) is 5.71 Å². The Kier molecular flexibility index (Phi) is 2.56. The maximum absolute atomic E-state index is 10.4. The monoisotopic (exact) mass is 197 g/mol. The van der Waals surface area contributed by atoms with Crippen LogP contribution in [0.4, 0.5) is 4.79 Å². The minimum absolute atomic E-state index is 0.333. The van der Waals surface area contributed by atoms with E-state index in [-0.39, 0.29) is 0 Å². The van der Waals surface area contributed by atoms with Crippen LogP contribution in [-0.2, 0) is 0 Å². The fourth-order valence-corrected chi connectivity index (χ4v) is 1.99. The van der Waals surface area contributed by atoms with E-state index in [4.69, 9.17) is 5.73 Å². The first-order valence-electron chi connectivity index (χ1n) is 4.85. The van der Waals surface area contributed by atoms with Crippen LogP contribution in [0, 0.1) is 10.8 Å². The van der Waals surface area contributed by atoms with Crippen LogP contribution in [0.1, 0.15) is 40.5 Å². The van der Waals surface area contributed by atoms with Crippen molar-refractivity contribution in [2.45, 2.75) is 40.5 Å². The van der Waals surface area contributed by atoms with Gasteiger partial charge >= 0.3 is 6.03 Å². The molecule has 1 saturated carbocycles. The molecule has 0 aromatic heterocycles. The van der Waals surface area contributed by atoms with Gasteiger partial charge in [0.1, 0.15) is 0 Å². The van der Waals surface area contributed by atoms with E-state index in [9.17, 15) is 4.79 Å². The van der Waals surface area contributed by atoms with Crippen LogP contribution in [-0.4, -0.2) is 11.7 Å². The third-order valence-electron chi connectivity index (χ3n) is 3.34. The van der Waals surface area contributed by atoms with Crippen molar-refractivity contribution in [1.82, 2.24) is 5.43 Å². The third-order valence-corrected chi connectivity index (χ3v) is 3.34. The smallest absolute Gasteiger partial charge is 0.332 e. The lowest BCUT2D eigenvalue weighted by Gasteiger charge is -2.13. The van der Waals surface area contributed by atoms with E-state index in [1.807, 2.05) is 6.92 Å². The van der Waals surface area contributed by atoms with Gasteiger partial charge in [-0.3, -0.25) is 0 Å². The highest BCUT2D eigenvalue weighted by Gasteiger charge is 2.56. The SMILES string of the molecule is C/C(CC1(C)CC1(C)C)=N\NC(N)=O. The Labute approximate surface area is 84.9 Å². The van der Waals surface area contributed by atoms with Crippen molar-refractivity contribution in [3.05, 3.63) is 0 Å². The number of rotatable bonds is 3. The lowest BCUT2D eigenvalue weighted by Crippen LogP contribution is -2.26. The number of urea groups is 1. The van der Waals surface area contributed by atoms with E-state index in [0.29, 0.717) is 10.8 Å². The second kappa shape index (κ2) is 3.26. The van der Waals surface area contributed by atoms with Gasteiger partial charge in [-0.25, -0.2) is 10.2 Å². The van der Waals surface area contributed by atoms with Gasteiger partial charge < -0.3 is 5.73 Å². The van der Waals surface area contributed by atoms with Crippen molar-refractivity contribution >= 4 is 11.7 Å². The van der Waals surface area contributed by atoms with E-state index in [1.54, 1.807) is 0 Å². The summed E-state index contributed by atoms with van der Waals surface area (Å²) in [6, 6.07) is -0.607. The van der Waals surface area contributed by atoms with Crippen molar-refractivity contribution in [2.24, 2.45) is 21.7 Å². The summed E-state index contributed by atoms with van der Waals surface area (Å²) in [5.74, 6) is 0. The summed E-state index contributed by atoms with van der Waals surface area (Å²) < 4.78 is 0. The highest BCUT2D eigenvalue weighted by Crippen LogP contribution is 2.65. The summed E-state index contributed by atoms with van der Waals surface area (Å²) in [7, 11) is 0. The minimum atomic E-state index is -0.607. The van der Waals surface area contributed by atoms with Gasteiger partial charge in [0.05, 0.1) is 0 Å². The standard InChI is InChI=1S/C10H19N3O/c1-7(12-13-8(11)14)5-10(4)6-9(10,2)3/h5-6H2,1-4H3,(H3,11,13,14)/b12-7+. The lowest BCUT2D eigenvalue weighted by molar-refractivity contribution is 0.249. The molecule has 0 bridgehead atoms. The topological polar surface area (TPSA) is 67.5 Å². The highest BCUT2D eigenvalue weighted by molar-refractivity contribution is 5.84. The number of nitrogens with two attached hydrogens (primary N) is 1. The summed E-state index contributed by atoms with van der Waals surface area (Å²) in [5.41, 5.74) is 8.83. The van der Waals surface area contributed by atoms with Crippen LogP contribution in [0.5, 0.6) is 0 Å². The van der Waals surface area contributed by atoms with Crippen LogP contribution in [0.15, 0.2) is 5.10 Å². The molecular formula is C10H19N3O. The number of hydrazone groups is 1. The van der Waals surface area contributed by atoms with Crippen molar-refractivity contribution in [3.63, 3.8) is 0 Å². The number of hydrogen-bond acceptors (Lipinski definition) is 2. The second-order valence-corrected chi connectivity index (χ2v) is 5.12. The molecule has 1 aliphatic carbocycles. The van der Waals surface area contributed by atoms with Crippen molar-refractivity contribution < 1.29 is 4.79 Å². The Morgan fingerprint density at radius 3 is 2.36 bits per heavy atom. The number of nitrogens with one attached hydrogen (secondary N) is 1. The molecule has 1 atom stereocenters. The zero-order chi connectivity index (χ0) is 11.0. The maximum Gasteiger partial charge on any atom is 0.332 e. The van der Waals surface area contributed by atoms with Gasteiger partial charge in [0.15, 0.2) is 0 Å². The highest BCUT2D eigenvalue weighted by atomic mass is 16.2. The van der Waals surface area contributed by atoms with Gasteiger partial charge in [-0.2, -0.15) is 5.10 Å². The first-order chi connectivity index (χ1) is 6.27. The molecule has 2 amide bonds. The molecule has 0 radical (unpaired) electrons. The van der Waals surface area contributed by atoms with Gasteiger partial charge in [-0.1, -0.05) is 20.8 Å². The molecule has 4 nitrogen and oxygen atoms in total. The predicted molar refractivity (Wildman–Crippen MR) is 57.0 cm³/mol. The molecule has 1 aliphatic rings. The number of hydrogen-bond donors (Lipinski definition) is 2. The fourth-order valence-electron chi connectivity index (χ4n) is 1.99. The summed E-state index contributed by atoms with van der Waals surface area (Å²) in [4.78, 5) is 10.4. The lowest BCUT2D eigenvalue weighted by atomic mass is 9.93. The van der Waals surface area contributed by atoms with Crippen LogP contribution < -0.4 is 11.2 Å². The van der Waals surface area contributed by atoms with E-state index < -0.39 is 6.03 Å². The number of primary amides is 1. The molecule has 0 spiro atoms. The van der Waals surface area contributed by atoms with Crippen LogP contribution in [0.25, 0.3) is 0 Å². The molecule has 4 heteroatoms. The third kappa shape index (κ3) is 2.25. The van der Waals surface area contributed by atoms with Gasteiger partial charge in [-0.05, 0) is 30.6 Å². The molecule has 0 aromatic rings. The molecule has 0 aliphatic heterocycles. The molecule has 14 heavy (non-hydrogen) atoms. The van der Waals surface area contributed by atoms with E-state index in [0.717, 1.165) is 12.1 Å². The van der Waals surface area contributed by atoms with E-state index >= 15 is 0 Å². The first-order valence-corrected chi connectivity index (χ1v) is 4.85.